The molecule has 0 aromatic rings. The van der Waals surface area contributed by atoms with E-state index < -0.39 is 12.0 Å². The topological polar surface area (TPSA) is 63.3 Å². The Bertz CT molecular complexity index is 163. The van der Waals surface area contributed by atoms with Crippen molar-refractivity contribution < 1.29 is 9.90 Å². The second kappa shape index (κ2) is 5.46. The largest absolute Gasteiger partial charge is 0.480 e. The van der Waals surface area contributed by atoms with Crippen LogP contribution in [0.5, 0.6) is 0 Å². The minimum atomic E-state index is -0.988. The van der Waals surface area contributed by atoms with Gasteiger partial charge in [-0.3, -0.25) is 4.79 Å². The highest BCUT2D eigenvalue weighted by Gasteiger charge is 2.10. The summed E-state index contributed by atoms with van der Waals surface area (Å²) in [6, 6.07) is -0.809. The van der Waals surface area contributed by atoms with Crippen molar-refractivity contribution in [1.82, 2.24) is 0 Å². The second-order valence-corrected chi connectivity index (χ2v) is 3.54. The molecule has 0 radical (unpaired) electrons. The molecule has 0 aromatic heterocycles. The summed E-state index contributed by atoms with van der Waals surface area (Å²) in [5.41, 5.74) is 5.21. The van der Waals surface area contributed by atoms with Crippen molar-refractivity contribution in [2.45, 2.75) is 6.04 Å². The lowest BCUT2D eigenvalue weighted by molar-refractivity contribution is -0.137. The SMILES string of the molecule is C=C(Cl)CSC[C@@H](N)C(=O)O. The van der Waals surface area contributed by atoms with Gasteiger partial charge in [-0.15, -0.1) is 0 Å². The van der Waals surface area contributed by atoms with Crippen molar-refractivity contribution >= 4 is 29.3 Å². The quantitative estimate of drug-likeness (QED) is 0.684. The molecule has 3 N–H and O–H groups in total. The number of thioether (sulfide) groups is 1. The highest BCUT2D eigenvalue weighted by atomic mass is 35.5. The maximum atomic E-state index is 10.2. The Balaban J connectivity index is 3.39. The van der Waals surface area contributed by atoms with Crippen molar-refractivity contribution in [1.29, 1.82) is 0 Å². The number of hydrogen-bond acceptors (Lipinski definition) is 3. The first-order valence-corrected chi connectivity index (χ1v) is 4.46. The normalized spacial score (nSPS) is 12.5. The monoisotopic (exact) mass is 195 g/mol. The number of hydrogen-bond donors (Lipinski definition) is 2. The van der Waals surface area contributed by atoms with E-state index in [0.29, 0.717) is 16.5 Å². The van der Waals surface area contributed by atoms with Crippen LogP contribution in [-0.4, -0.2) is 28.6 Å². The second-order valence-electron chi connectivity index (χ2n) is 1.98. The van der Waals surface area contributed by atoms with Crippen LogP contribution in [0.15, 0.2) is 11.6 Å². The lowest BCUT2D eigenvalue weighted by Gasteiger charge is -2.03. The molecule has 0 spiro atoms. The zero-order chi connectivity index (χ0) is 8.85. The molecule has 0 aromatic carbocycles. The third-order valence-corrected chi connectivity index (χ3v) is 2.31. The van der Waals surface area contributed by atoms with Gasteiger partial charge in [0.2, 0.25) is 0 Å². The summed E-state index contributed by atoms with van der Waals surface area (Å²) in [6.07, 6.45) is 0. The first-order valence-electron chi connectivity index (χ1n) is 2.93. The fourth-order valence-corrected chi connectivity index (χ4v) is 1.34. The molecule has 3 nitrogen and oxygen atoms in total. The maximum absolute atomic E-state index is 10.2. The molecule has 11 heavy (non-hydrogen) atoms. The van der Waals surface area contributed by atoms with E-state index in [2.05, 4.69) is 6.58 Å². The van der Waals surface area contributed by atoms with E-state index in [1.807, 2.05) is 0 Å². The summed E-state index contributed by atoms with van der Waals surface area (Å²) < 4.78 is 0. The molecule has 0 aliphatic carbocycles. The van der Waals surface area contributed by atoms with Crippen molar-refractivity contribution in [3.8, 4) is 0 Å². The van der Waals surface area contributed by atoms with E-state index in [1.165, 1.54) is 11.8 Å². The Morgan fingerprint density at radius 1 is 1.82 bits per heavy atom. The standard InChI is InChI=1S/C6H10ClNO2S/c1-4(7)2-11-3-5(8)6(9)10/h5H,1-3,8H2,(H,9,10)/t5-/m1/s1. The van der Waals surface area contributed by atoms with Crippen LogP contribution in [0.2, 0.25) is 0 Å². The fourth-order valence-electron chi connectivity index (χ4n) is 0.368. The highest BCUT2D eigenvalue weighted by molar-refractivity contribution is 7.99. The molecule has 0 rings (SSSR count). The van der Waals surface area contributed by atoms with E-state index in [-0.39, 0.29) is 0 Å². The molecule has 64 valence electrons. The molecule has 0 heterocycles. The van der Waals surface area contributed by atoms with Gasteiger partial charge in [-0.2, -0.15) is 11.8 Å². The van der Waals surface area contributed by atoms with Crippen molar-refractivity contribution in [3.63, 3.8) is 0 Å². The number of carboxylic acid groups (broad SMARTS) is 1. The van der Waals surface area contributed by atoms with Crippen LogP contribution in [-0.2, 0) is 4.79 Å². The molecular weight excluding hydrogens is 186 g/mol. The van der Waals surface area contributed by atoms with Crippen molar-refractivity contribution in [3.05, 3.63) is 11.6 Å². The number of carboxylic acids is 1. The van der Waals surface area contributed by atoms with Gasteiger partial charge in [0.05, 0.1) is 0 Å². The molecule has 0 saturated heterocycles. The Labute approximate surface area is 74.6 Å². The van der Waals surface area contributed by atoms with Gasteiger partial charge >= 0.3 is 5.97 Å². The zero-order valence-electron chi connectivity index (χ0n) is 5.92. The van der Waals surface area contributed by atoms with Crippen LogP contribution in [0.4, 0.5) is 0 Å². The molecule has 5 heteroatoms. The summed E-state index contributed by atoms with van der Waals surface area (Å²) >= 11 is 6.80. The predicted octanol–water partition coefficient (Wildman–Crippen LogP) is 0.884. The average Bonchev–Trinajstić information content (AvgIpc) is 1.86. The van der Waals surface area contributed by atoms with Crippen LogP contribution < -0.4 is 5.73 Å². The van der Waals surface area contributed by atoms with E-state index in [4.69, 9.17) is 22.4 Å². The number of rotatable bonds is 5. The Morgan fingerprint density at radius 2 is 2.36 bits per heavy atom. The van der Waals surface area contributed by atoms with Crippen LogP contribution in [0.3, 0.4) is 0 Å². The van der Waals surface area contributed by atoms with Crippen molar-refractivity contribution in [2.24, 2.45) is 5.73 Å². The maximum Gasteiger partial charge on any atom is 0.321 e. The third-order valence-electron chi connectivity index (χ3n) is 0.873. The molecule has 0 amide bonds. The Morgan fingerprint density at radius 3 is 2.73 bits per heavy atom. The van der Waals surface area contributed by atoms with E-state index in [9.17, 15) is 4.79 Å². The zero-order valence-corrected chi connectivity index (χ0v) is 7.49. The molecule has 1 atom stereocenters. The van der Waals surface area contributed by atoms with Gasteiger partial charge in [-0.1, -0.05) is 18.2 Å². The molecule has 0 aliphatic rings. The van der Waals surface area contributed by atoms with Crippen LogP contribution in [0.25, 0.3) is 0 Å². The lowest BCUT2D eigenvalue weighted by Crippen LogP contribution is -2.32. The molecular formula is C6H10ClNO2S. The van der Waals surface area contributed by atoms with Gasteiger partial charge < -0.3 is 10.8 Å². The van der Waals surface area contributed by atoms with Crippen LogP contribution in [0, 0.1) is 0 Å². The first kappa shape index (κ1) is 10.8. The molecule has 0 unspecified atom stereocenters. The van der Waals surface area contributed by atoms with Crippen LogP contribution >= 0.6 is 23.4 Å². The minimum absolute atomic E-state index is 0.362. The van der Waals surface area contributed by atoms with E-state index >= 15 is 0 Å². The number of carbonyl (C=O) groups is 1. The van der Waals surface area contributed by atoms with Crippen molar-refractivity contribution in [2.75, 3.05) is 11.5 Å². The van der Waals surface area contributed by atoms with Gasteiger partial charge in [-0.05, 0) is 0 Å². The van der Waals surface area contributed by atoms with Gasteiger partial charge in [0.25, 0.3) is 0 Å². The third kappa shape index (κ3) is 6.22. The smallest absolute Gasteiger partial charge is 0.321 e. The number of halogens is 1. The molecule has 0 fully saturated rings. The Hall–Kier alpha value is -0.190. The number of aliphatic carboxylic acids is 1. The average molecular weight is 196 g/mol. The first-order chi connectivity index (χ1) is 5.04. The summed E-state index contributed by atoms with van der Waals surface area (Å²) in [5.74, 6) is -0.0819. The summed E-state index contributed by atoms with van der Waals surface area (Å²) in [5, 5.41) is 8.86. The van der Waals surface area contributed by atoms with E-state index in [0.717, 1.165) is 0 Å². The molecule has 0 bridgehead atoms. The summed E-state index contributed by atoms with van der Waals surface area (Å²) in [7, 11) is 0. The minimum Gasteiger partial charge on any atom is -0.480 e. The van der Waals surface area contributed by atoms with Gasteiger partial charge in [0.1, 0.15) is 6.04 Å². The number of nitrogens with two attached hydrogens (primary N) is 1. The fraction of sp³-hybridized carbons (Fsp3) is 0.500. The highest BCUT2D eigenvalue weighted by Crippen LogP contribution is 2.09. The van der Waals surface area contributed by atoms with E-state index in [1.54, 1.807) is 0 Å². The van der Waals surface area contributed by atoms with Crippen LogP contribution in [0.1, 0.15) is 0 Å². The summed E-state index contributed by atoms with van der Waals surface area (Å²) in [4.78, 5) is 10.2. The Kier molecular flexibility index (Phi) is 5.36. The van der Waals surface area contributed by atoms with Gasteiger partial charge in [-0.25, -0.2) is 0 Å². The van der Waals surface area contributed by atoms with Gasteiger partial charge in [0, 0.05) is 16.5 Å². The molecule has 0 aliphatic heterocycles. The lowest BCUT2D eigenvalue weighted by atomic mass is 10.4. The summed E-state index contributed by atoms with van der Waals surface area (Å²) in [6.45, 7) is 3.45. The van der Waals surface area contributed by atoms with Gasteiger partial charge in [0.15, 0.2) is 0 Å². The predicted molar refractivity (Wildman–Crippen MR) is 47.9 cm³/mol. The molecule has 0 saturated carbocycles.